The van der Waals surface area contributed by atoms with Crippen molar-refractivity contribution in [1.29, 1.82) is 0 Å². The molecule has 1 aliphatic heterocycles. The maximum absolute atomic E-state index is 13.7. The van der Waals surface area contributed by atoms with Crippen LogP contribution in [0.3, 0.4) is 0 Å². The zero-order chi connectivity index (χ0) is 18.8. The Balaban J connectivity index is 1.65. The van der Waals surface area contributed by atoms with Crippen LogP contribution in [0.15, 0.2) is 42.5 Å². The van der Waals surface area contributed by atoms with Crippen molar-refractivity contribution in [1.82, 2.24) is 10.2 Å². The van der Waals surface area contributed by atoms with Crippen LogP contribution in [0.4, 0.5) is 8.78 Å². The van der Waals surface area contributed by atoms with Gasteiger partial charge in [-0.1, -0.05) is 36.8 Å². The number of hydrogen-bond acceptors (Lipinski definition) is 2. The molecule has 1 atom stereocenters. The smallest absolute Gasteiger partial charge is 0.226 e. The summed E-state index contributed by atoms with van der Waals surface area (Å²) in [5, 5.41) is 3.34. The Hall–Kier alpha value is -2.27. The summed E-state index contributed by atoms with van der Waals surface area (Å²) in [5.74, 6) is -1.34. The lowest BCUT2D eigenvalue weighted by Gasteiger charge is -2.35. The molecule has 2 aromatic carbocycles. The highest BCUT2D eigenvalue weighted by atomic mass is 19.2. The van der Waals surface area contributed by atoms with Gasteiger partial charge in [0, 0.05) is 25.0 Å². The first-order chi connectivity index (χ1) is 13.1. The number of amides is 1. The number of rotatable bonds is 5. The van der Waals surface area contributed by atoms with E-state index in [1.807, 2.05) is 29.2 Å². The lowest BCUT2D eigenvalue weighted by molar-refractivity contribution is -0.141. The van der Waals surface area contributed by atoms with Gasteiger partial charge in [-0.25, -0.2) is 8.78 Å². The molecule has 142 valence electrons. The number of carbonyl (C=O) groups excluding carboxylic acids is 1. The van der Waals surface area contributed by atoms with E-state index in [2.05, 4.69) is 5.32 Å². The molecule has 0 spiro atoms. The van der Waals surface area contributed by atoms with Crippen molar-refractivity contribution in [2.75, 3.05) is 13.1 Å². The third-order valence-corrected chi connectivity index (χ3v) is 5.80. The van der Waals surface area contributed by atoms with Crippen LogP contribution < -0.4 is 5.32 Å². The number of nitrogens with zero attached hydrogens (tertiary/aromatic N) is 1. The summed E-state index contributed by atoms with van der Waals surface area (Å²) in [6.07, 6.45) is 4.02. The number of carbonyl (C=O) groups is 1. The molecular weight excluding hydrogens is 346 g/mol. The number of hydrogen-bond donors (Lipinski definition) is 1. The molecule has 5 heteroatoms. The molecule has 1 heterocycles. The van der Waals surface area contributed by atoms with E-state index < -0.39 is 11.6 Å². The lowest BCUT2D eigenvalue weighted by Crippen LogP contribution is -2.45. The van der Waals surface area contributed by atoms with E-state index in [9.17, 15) is 13.6 Å². The topological polar surface area (TPSA) is 32.3 Å². The minimum Gasteiger partial charge on any atom is -0.334 e. The van der Waals surface area contributed by atoms with E-state index >= 15 is 0 Å². The highest BCUT2D eigenvalue weighted by molar-refractivity contribution is 5.80. The Morgan fingerprint density at radius 1 is 1.07 bits per heavy atom. The number of halogens is 2. The molecule has 2 aromatic rings. The molecule has 2 aliphatic rings. The van der Waals surface area contributed by atoms with Crippen LogP contribution in [-0.2, 0) is 11.3 Å². The van der Waals surface area contributed by atoms with Crippen LogP contribution in [0, 0.1) is 17.6 Å². The van der Waals surface area contributed by atoms with E-state index in [-0.39, 0.29) is 17.9 Å². The third kappa shape index (κ3) is 3.74. The molecule has 1 saturated heterocycles. The van der Waals surface area contributed by atoms with Crippen LogP contribution in [0.1, 0.15) is 31.2 Å². The SMILES string of the molecule is O=C(C1CCC1)N(Cc1ccccc1-c1ccc(F)c(F)c1)[C@H]1CCNC1. The minimum atomic E-state index is -0.857. The zero-order valence-electron chi connectivity index (χ0n) is 15.3. The first-order valence-electron chi connectivity index (χ1n) is 9.68. The molecule has 0 unspecified atom stereocenters. The summed E-state index contributed by atoms with van der Waals surface area (Å²) in [6, 6.07) is 11.8. The Labute approximate surface area is 158 Å². The second-order valence-electron chi connectivity index (χ2n) is 7.53. The van der Waals surface area contributed by atoms with Crippen molar-refractivity contribution in [3.63, 3.8) is 0 Å². The second kappa shape index (κ2) is 7.77. The van der Waals surface area contributed by atoms with Gasteiger partial charge in [0.2, 0.25) is 5.91 Å². The maximum atomic E-state index is 13.7. The molecular formula is C22H24F2N2O. The number of nitrogens with one attached hydrogen (secondary N) is 1. The van der Waals surface area contributed by atoms with Crippen molar-refractivity contribution in [3.8, 4) is 11.1 Å². The van der Waals surface area contributed by atoms with Gasteiger partial charge in [0.1, 0.15) is 0 Å². The summed E-state index contributed by atoms with van der Waals surface area (Å²) in [5.41, 5.74) is 2.43. The second-order valence-corrected chi connectivity index (χ2v) is 7.53. The van der Waals surface area contributed by atoms with Gasteiger partial charge in [0.05, 0.1) is 0 Å². The minimum absolute atomic E-state index is 0.140. The van der Waals surface area contributed by atoms with Crippen molar-refractivity contribution in [3.05, 3.63) is 59.7 Å². The molecule has 2 fully saturated rings. The third-order valence-electron chi connectivity index (χ3n) is 5.80. The molecule has 0 radical (unpaired) electrons. The van der Waals surface area contributed by atoms with Gasteiger partial charge < -0.3 is 10.2 Å². The summed E-state index contributed by atoms with van der Waals surface area (Å²) >= 11 is 0. The zero-order valence-corrected chi connectivity index (χ0v) is 15.3. The van der Waals surface area contributed by atoms with Crippen LogP contribution in [0.25, 0.3) is 11.1 Å². The first kappa shape index (κ1) is 18.1. The molecule has 1 aliphatic carbocycles. The van der Waals surface area contributed by atoms with E-state index in [0.29, 0.717) is 12.1 Å². The molecule has 1 amide bonds. The fraction of sp³-hybridized carbons (Fsp3) is 0.409. The van der Waals surface area contributed by atoms with Gasteiger partial charge in [-0.3, -0.25) is 4.79 Å². The van der Waals surface area contributed by atoms with Crippen molar-refractivity contribution < 1.29 is 13.6 Å². The van der Waals surface area contributed by atoms with E-state index in [1.165, 1.54) is 6.07 Å². The van der Waals surface area contributed by atoms with Gasteiger partial charge >= 0.3 is 0 Å². The van der Waals surface area contributed by atoms with Crippen molar-refractivity contribution in [2.45, 2.75) is 38.3 Å². The fourth-order valence-electron chi connectivity index (χ4n) is 3.97. The lowest BCUT2D eigenvalue weighted by atomic mass is 9.84. The standard InChI is InChI=1S/C22H24F2N2O/c23-20-9-8-16(12-21(20)24)19-7-2-1-4-17(19)14-26(18-10-11-25-13-18)22(27)15-5-3-6-15/h1-2,4,7-9,12,15,18,25H,3,5-6,10-11,13-14H2/t18-/m0/s1. The predicted octanol–water partition coefficient (Wildman–Crippen LogP) is 4.12. The normalized spacial score (nSPS) is 19.7. The fourth-order valence-corrected chi connectivity index (χ4v) is 3.97. The molecule has 1 N–H and O–H groups in total. The Morgan fingerprint density at radius 3 is 2.56 bits per heavy atom. The monoisotopic (exact) mass is 370 g/mol. The van der Waals surface area contributed by atoms with Crippen molar-refractivity contribution >= 4 is 5.91 Å². The first-order valence-corrected chi connectivity index (χ1v) is 9.68. The average molecular weight is 370 g/mol. The van der Waals surface area contributed by atoms with Crippen LogP contribution in [0.2, 0.25) is 0 Å². The van der Waals surface area contributed by atoms with Crippen LogP contribution in [-0.4, -0.2) is 29.9 Å². The molecule has 0 bridgehead atoms. The molecule has 27 heavy (non-hydrogen) atoms. The Bertz CT molecular complexity index is 829. The summed E-state index contributed by atoms with van der Waals surface area (Å²) in [4.78, 5) is 15.1. The maximum Gasteiger partial charge on any atom is 0.226 e. The Morgan fingerprint density at radius 2 is 1.89 bits per heavy atom. The van der Waals surface area contributed by atoms with Gasteiger partial charge in [-0.15, -0.1) is 0 Å². The number of benzene rings is 2. The van der Waals surface area contributed by atoms with Crippen LogP contribution >= 0.6 is 0 Å². The summed E-state index contributed by atoms with van der Waals surface area (Å²) in [7, 11) is 0. The van der Waals surface area contributed by atoms with Crippen LogP contribution in [0.5, 0.6) is 0 Å². The van der Waals surface area contributed by atoms with Gasteiger partial charge in [0.15, 0.2) is 11.6 Å². The van der Waals surface area contributed by atoms with E-state index in [4.69, 9.17) is 0 Å². The highest BCUT2D eigenvalue weighted by Gasteiger charge is 2.34. The quantitative estimate of drug-likeness (QED) is 0.859. The van der Waals surface area contributed by atoms with Gasteiger partial charge in [-0.2, -0.15) is 0 Å². The Kier molecular flexibility index (Phi) is 5.21. The molecule has 1 saturated carbocycles. The average Bonchev–Trinajstić information content (AvgIpc) is 3.15. The van der Waals surface area contributed by atoms with E-state index in [0.717, 1.165) is 56.0 Å². The van der Waals surface area contributed by atoms with Gasteiger partial charge in [-0.05, 0) is 54.6 Å². The molecule has 0 aromatic heterocycles. The molecule has 3 nitrogen and oxygen atoms in total. The largest absolute Gasteiger partial charge is 0.334 e. The summed E-state index contributed by atoms with van der Waals surface area (Å²) < 4.78 is 27.1. The summed E-state index contributed by atoms with van der Waals surface area (Å²) in [6.45, 7) is 2.23. The van der Waals surface area contributed by atoms with Crippen molar-refractivity contribution in [2.24, 2.45) is 5.92 Å². The molecule has 4 rings (SSSR count). The highest BCUT2D eigenvalue weighted by Crippen LogP contribution is 2.32. The van der Waals surface area contributed by atoms with E-state index in [1.54, 1.807) is 6.07 Å². The predicted molar refractivity (Wildman–Crippen MR) is 101 cm³/mol. The van der Waals surface area contributed by atoms with Gasteiger partial charge in [0.25, 0.3) is 0 Å².